The lowest BCUT2D eigenvalue weighted by Crippen LogP contribution is -1.98. The smallest absolute Gasteiger partial charge is 0.120 e. The van der Waals surface area contributed by atoms with Crippen molar-refractivity contribution in [1.29, 1.82) is 0 Å². The Hall–Kier alpha value is -0.0731. The zero-order valence-corrected chi connectivity index (χ0v) is 11.0. The van der Waals surface area contributed by atoms with E-state index >= 15 is 0 Å². The molecule has 1 N–H and O–H groups in total. The number of hydrogen-bond acceptors (Lipinski definition) is 2. The molecule has 0 aliphatic heterocycles. The van der Waals surface area contributed by atoms with Gasteiger partial charge in [0.05, 0.1) is 13.2 Å². The average molecular weight is 319 g/mol. The molecule has 3 radical (unpaired) electrons. The number of benzene rings is 1. The molecular weight excluding hydrogens is 307 g/mol. The van der Waals surface area contributed by atoms with Gasteiger partial charge in [0.2, 0.25) is 0 Å². The number of ether oxygens (including phenoxy) is 1. The van der Waals surface area contributed by atoms with Gasteiger partial charge < -0.3 is 9.84 Å². The molecule has 0 heterocycles. The van der Waals surface area contributed by atoms with E-state index in [-0.39, 0.29) is 6.61 Å². The molecule has 0 saturated carbocycles. The molecule has 1 aromatic carbocycles. The van der Waals surface area contributed by atoms with Crippen LogP contribution in [0.4, 0.5) is 0 Å². The van der Waals surface area contributed by atoms with Crippen molar-refractivity contribution >= 4 is 32.8 Å². The Labute approximate surface area is 101 Å². The predicted molar refractivity (Wildman–Crippen MR) is 65.8 cm³/mol. The predicted octanol–water partition coefficient (Wildman–Crippen LogP) is 2.14. The standard InChI is InChI=1S/C10H12IO2Si/c11-9-4-8(7-12)5-10(6-9)13-2-1-3-14/h4-6,12H,1-3,7H2. The first kappa shape index (κ1) is 12.0. The van der Waals surface area contributed by atoms with Crippen molar-refractivity contribution in [1.82, 2.24) is 0 Å². The summed E-state index contributed by atoms with van der Waals surface area (Å²) in [5.41, 5.74) is 0.894. The Balaban J connectivity index is 2.62. The summed E-state index contributed by atoms with van der Waals surface area (Å²) in [6, 6.07) is 6.72. The third-order valence-electron chi connectivity index (χ3n) is 1.70. The van der Waals surface area contributed by atoms with E-state index in [2.05, 4.69) is 32.8 Å². The van der Waals surface area contributed by atoms with Crippen LogP contribution in [0.15, 0.2) is 18.2 Å². The third kappa shape index (κ3) is 3.98. The molecule has 0 atom stereocenters. The fourth-order valence-corrected chi connectivity index (χ4v) is 1.91. The molecule has 0 saturated heterocycles. The first-order chi connectivity index (χ1) is 6.76. The molecule has 0 aliphatic rings. The molecule has 0 fully saturated rings. The van der Waals surface area contributed by atoms with E-state index in [1.165, 1.54) is 0 Å². The summed E-state index contributed by atoms with van der Waals surface area (Å²) in [4.78, 5) is 0. The summed E-state index contributed by atoms with van der Waals surface area (Å²) in [6.45, 7) is 0.764. The highest BCUT2D eigenvalue weighted by Gasteiger charge is 1.99. The van der Waals surface area contributed by atoms with Crippen LogP contribution in [0.2, 0.25) is 6.04 Å². The van der Waals surface area contributed by atoms with Crippen LogP contribution in [-0.4, -0.2) is 22.0 Å². The summed E-state index contributed by atoms with van der Waals surface area (Å²) >= 11 is 2.21. The zero-order valence-electron chi connectivity index (χ0n) is 7.79. The van der Waals surface area contributed by atoms with Crippen molar-refractivity contribution in [2.45, 2.75) is 19.1 Å². The lowest BCUT2D eigenvalue weighted by molar-refractivity contribution is 0.279. The highest BCUT2D eigenvalue weighted by atomic mass is 127. The van der Waals surface area contributed by atoms with Crippen LogP contribution in [0.1, 0.15) is 12.0 Å². The maximum Gasteiger partial charge on any atom is 0.120 e. The van der Waals surface area contributed by atoms with E-state index < -0.39 is 0 Å². The Kier molecular flexibility index (Phi) is 5.50. The van der Waals surface area contributed by atoms with E-state index in [4.69, 9.17) is 9.84 Å². The van der Waals surface area contributed by atoms with Crippen molar-refractivity contribution in [2.75, 3.05) is 6.61 Å². The maximum absolute atomic E-state index is 8.99. The first-order valence-electron chi connectivity index (χ1n) is 4.44. The molecule has 4 heteroatoms. The third-order valence-corrected chi connectivity index (χ3v) is 2.68. The number of hydrogen-bond donors (Lipinski definition) is 1. The van der Waals surface area contributed by atoms with Gasteiger partial charge in [-0.2, -0.15) is 0 Å². The number of aliphatic hydroxyl groups is 1. The van der Waals surface area contributed by atoms with Crippen molar-refractivity contribution in [2.24, 2.45) is 0 Å². The van der Waals surface area contributed by atoms with Crippen LogP contribution in [0.5, 0.6) is 5.75 Å². The van der Waals surface area contributed by atoms with Gasteiger partial charge in [0.25, 0.3) is 0 Å². The van der Waals surface area contributed by atoms with Crippen molar-refractivity contribution in [3.63, 3.8) is 0 Å². The van der Waals surface area contributed by atoms with Gasteiger partial charge in [-0.15, -0.1) is 0 Å². The second-order valence-electron chi connectivity index (χ2n) is 2.91. The summed E-state index contributed by atoms with van der Waals surface area (Å²) in [7, 11) is 3.39. The molecule has 0 amide bonds. The second-order valence-corrected chi connectivity index (χ2v) is 4.65. The largest absolute Gasteiger partial charge is 0.494 e. The van der Waals surface area contributed by atoms with Crippen LogP contribution in [0.3, 0.4) is 0 Å². The lowest BCUT2D eigenvalue weighted by atomic mass is 10.2. The average Bonchev–Trinajstić information content (AvgIpc) is 2.17. The van der Waals surface area contributed by atoms with Gasteiger partial charge in [-0.3, -0.25) is 0 Å². The van der Waals surface area contributed by atoms with Crippen LogP contribution in [0, 0.1) is 3.57 Å². The van der Waals surface area contributed by atoms with E-state index in [1.807, 2.05) is 18.2 Å². The molecule has 1 rings (SSSR count). The molecule has 75 valence electrons. The number of rotatable bonds is 5. The summed E-state index contributed by atoms with van der Waals surface area (Å²) < 4.78 is 6.61. The van der Waals surface area contributed by atoms with Gasteiger partial charge >= 0.3 is 0 Å². The minimum absolute atomic E-state index is 0.0608. The maximum atomic E-state index is 8.99. The van der Waals surface area contributed by atoms with E-state index in [0.29, 0.717) is 6.61 Å². The van der Waals surface area contributed by atoms with Crippen LogP contribution >= 0.6 is 22.6 Å². The Morgan fingerprint density at radius 1 is 1.36 bits per heavy atom. The Morgan fingerprint density at radius 2 is 2.14 bits per heavy atom. The van der Waals surface area contributed by atoms with Gasteiger partial charge in [0.15, 0.2) is 0 Å². The lowest BCUT2D eigenvalue weighted by Gasteiger charge is -2.07. The second kappa shape index (κ2) is 6.42. The van der Waals surface area contributed by atoms with Gasteiger partial charge in [0.1, 0.15) is 5.75 Å². The van der Waals surface area contributed by atoms with Crippen LogP contribution in [-0.2, 0) is 6.61 Å². The topological polar surface area (TPSA) is 29.5 Å². The molecule has 0 spiro atoms. The number of aliphatic hydroxyl groups excluding tert-OH is 1. The Bertz CT molecular complexity index is 291. The SMILES string of the molecule is OCc1cc(I)cc(OCCC[Si])c1. The number of halogens is 1. The monoisotopic (exact) mass is 319 g/mol. The summed E-state index contributed by atoms with van der Waals surface area (Å²) in [5, 5.41) is 8.99. The van der Waals surface area contributed by atoms with Crippen LogP contribution in [0.25, 0.3) is 0 Å². The van der Waals surface area contributed by atoms with E-state index in [9.17, 15) is 0 Å². The molecule has 0 aromatic heterocycles. The fraction of sp³-hybridized carbons (Fsp3) is 0.400. The van der Waals surface area contributed by atoms with Crippen molar-refractivity contribution in [3.05, 3.63) is 27.3 Å². The fourth-order valence-electron chi connectivity index (χ4n) is 1.06. The summed E-state index contributed by atoms with van der Waals surface area (Å²) in [6.07, 6.45) is 0.983. The zero-order chi connectivity index (χ0) is 10.4. The first-order valence-corrected chi connectivity index (χ1v) is 6.22. The quantitative estimate of drug-likeness (QED) is 0.512. The van der Waals surface area contributed by atoms with Crippen molar-refractivity contribution in [3.8, 4) is 5.75 Å². The van der Waals surface area contributed by atoms with Crippen LogP contribution < -0.4 is 4.74 Å². The van der Waals surface area contributed by atoms with Gasteiger partial charge in [0, 0.05) is 13.8 Å². The van der Waals surface area contributed by atoms with E-state index in [1.54, 1.807) is 0 Å². The van der Waals surface area contributed by atoms with E-state index in [0.717, 1.165) is 27.3 Å². The normalized spacial score (nSPS) is 10.2. The van der Waals surface area contributed by atoms with Gasteiger partial charge in [-0.1, -0.05) is 6.04 Å². The summed E-state index contributed by atoms with van der Waals surface area (Å²) in [5.74, 6) is 0.834. The molecule has 0 aliphatic carbocycles. The molecule has 1 aromatic rings. The van der Waals surface area contributed by atoms with Crippen molar-refractivity contribution < 1.29 is 9.84 Å². The minimum atomic E-state index is 0.0608. The van der Waals surface area contributed by atoms with Gasteiger partial charge in [-0.05, 0) is 52.8 Å². The van der Waals surface area contributed by atoms with Gasteiger partial charge in [-0.25, -0.2) is 0 Å². The molecule has 0 bridgehead atoms. The molecular formula is C10H12IO2Si. The molecule has 2 nitrogen and oxygen atoms in total. The Morgan fingerprint density at radius 3 is 2.79 bits per heavy atom. The molecule has 14 heavy (non-hydrogen) atoms. The highest BCUT2D eigenvalue weighted by molar-refractivity contribution is 14.1. The minimum Gasteiger partial charge on any atom is -0.494 e. The highest BCUT2D eigenvalue weighted by Crippen LogP contribution is 2.19. The molecule has 0 unspecified atom stereocenters.